The van der Waals surface area contributed by atoms with Crippen molar-refractivity contribution in [3.8, 4) is 33.4 Å². The molecule has 2 aliphatic carbocycles. The van der Waals surface area contributed by atoms with Gasteiger partial charge in [0.05, 0.1) is 8.07 Å². The molecule has 0 bridgehead atoms. The standard InChI is InChI=1S/C37H38Si/c1-38(2,3)37-26-35(33-18-16-30(17-19-33)28-10-6-7-11-28)24-25-36(37)34-22-20-32(21-23-34)31-14-12-29(13-15-31)27-8-4-5-9-27/h8,10,12-26H,4-7,9,11H2,1-3H3. The van der Waals surface area contributed by atoms with Gasteiger partial charge in [0.25, 0.3) is 0 Å². The van der Waals surface area contributed by atoms with Crippen LogP contribution in [0.3, 0.4) is 0 Å². The Morgan fingerprint density at radius 1 is 0.447 bits per heavy atom. The molecule has 0 aromatic heterocycles. The van der Waals surface area contributed by atoms with Gasteiger partial charge in [-0.1, -0.05) is 128 Å². The lowest BCUT2D eigenvalue weighted by atomic mass is 9.96. The molecule has 2 aliphatic rings. The third kappa shape index (κ3) is 5.13. The first kappa shape index (κ1) is 24.9. The molecule has 0 saturated heterocycles. The van der Waals surface area contributed by atoms with E-state index in [-0.39, 0.29) is 0 Å². The van der Waals surface area contributed by atoms with Gasteiger partial charge in [-0.3, -0.25) is 0 Å². The summed E-state index contributed by atoms with van der Waals surface area (Å²) in [4.78, 5) is 0. The van der Waals surface area contributed by atoms with Crippen molar-refractivity contribution in [2.45, 2.75) is 58.2 Å². The highest BCUT2D eigenvalue weighted by atomic mass is 28.3. The average Bonchev–Trinajstić information content (AvgIpc) is 3.68. The van der Waals surface area contributed by atoms with Crippen molar-refractivity contribution in [2.75, 3.05) is 0 Å². The van der Waals surface area contributed by atoms with E-state index in [1.165, 1.54) is 99.4 Å². The number of benzene rings is 4. The van der Waals surface area contributed by atoms with Gasteiger partial charge in [0.1, 0.15) is 0 Å². The van der Waals surface area contributed by atoms with Crippen molar-refractivity contribution < 1.29 is 0 Å². The van der Waals surface area contributed by atoms with E-state index in [1.807, 2.05) is 0 Å². The van der Waals surface area contributed by atoms with Crippen molar-refractivity contribution >= 4 is 24.4 Å². The van der Waals surface area contributed by atoms with E-state index in [2.05, 4.69) is 123 Å². The fourth-order valence-corrected chi connectivity index (χ4v) is 7.68. The molecule has 4 aromatic carbocycles. The predicted octanol–water partition coefficient (Wildman–Crippen LogP) is 10.4. The number of rotatable bonds is 6. The molecule has 190 valence electrons. The molecule has 0 spiro atoms. The summed E-state index contributed by atoms with van der Waals surface area (Å²) in [5.41, 5.74) is 13.7. The van der Waals surface area contributed by atoms with E-state index in [9.17, 15) is 0 Å². The second kappa shape index (κ2) is 10.4. The molecule has 0 fully saturated rings. The van der Waals surface area contributed by atoms with Gasteiger partial charge < -0.3 is 0 Å². The van der Waals surface area contributed by atoms with Gasteiger partial charge in [-0.2, -0.15) is 0 Å². The van der Waals surface area contributed by atoms with E-state index in [1.54, 1.807) is 0 Å². The third-order valence-electron chi connectivity index (χ3n) is 8.28. The van der Waals surface area contributed by atoms with Crippen LogP contribution >= 0.6 is 0 Å². The minimum Gasteiger partial charge on any atom is -0.0807 e. The lowest BCUT2D eigenvalue weighted by Gasteiger charge is -2.23. The molecule has 6 rings (SSSR count). The van der Waals surface area contributed by atoms with Crippen LogP contribution in [-0.2, 0) is 0 Å². The second-order valence-corrected chi connectivity index (χ2v) is 17.0. The number of allylic oxidation sites excluding steroid dienone is 4. The quantitative estimate of drug-likeness (QED) is 0.226. The minimum absolute atomic E-state index is 1.22. The first-order valence-corrected chi connectivity index (χ1v) is 17.8. The Balaban J connectivity index is 1.28. The highest BCUT2D eigenvalue weighted by Crippen LogP contribution is 2.33. The van der Waals surface area contributed by atoms with E-state index in [4.69, 9.17) is 0 Å². The zero-order chi connectivity index (χ0) is 26.1. The first-order valence-electron chi connectivity index (χ1n) is 14.3. The molecule has 0 nitrogen and oxygen atoms in total. The van der Waals surface area contributed by atoms with E-state index in [0.29, 0.717) is 0 Å². The van der Waals surface area contributed by atoms with Crippen molar-refractivity contribution in [1.82, 2.24) is 0 Å². The summed E-state index contributed by atoms with van der Waals surface area (Å²) in [5.74, 6) is 0. The maximum atomic E-state index is 2.47. The van der Waals surface area contributed by atoms with Crippen LogP contribution in [-0.4, -0.2) is 8.07 Å². The molecule has 0 heterocycles. The molecule has 38 heavy (non-hydrogen) atoms. The molecule has 0 radical (unpaired) electrons. The Labute approximate surface area is 229 Å². The maximum absolute atomic E-state index is 2.47. The zero-order valence-corrected chi connectivity index (χ0v) is 24.1. The molecular formula is C37H38Si. The Kier molecular flexibility index (Phi) is 6.80. The highest BCUT2D eigenvalue weighted by Gasteiger charge is 2.22. The van der Waals surface area contributed by atoms with Crippen molar-refractivity contribution in [3.05, 3.63) is 114 Å². The lowest BCUT2D eigenvalue weighted by molar-refractivity contribution is 0.935. The Morgan fingerprint density at radius 3 is 1.26 bits per heavy atom. The monoisotopic (exact) mass is 510 g/mol. The normalized spacial score (nSPS) is 15.4. The molecular weight excluding hydrogens is 472 g/mol. The summed E-state index contributed by atoms with van der Waals surface area (Å²) < 4.78 is 0. The van der Waals surface area contributed by atoms with Crippen LogP contribution in [0.4, 0.5) is 0 Å². The summed E-state index contributed by atoms with van der Waals surface area (Å²) in [5, 5.41) is 1.53. The van der Waals surface area contributed by atoms with Crippen LogP contribution in [0, 0.1) is 0 Å². The predicted molar refractivity (Wildman–Crippen MR) is 169 cm³/mol. The molecule has 0 aliphatic heterocycles. The van der Waals surface area contributed by atoms with Crippen LogP contribution in [0.15, 0.2) is 103 Å². The molecule has 0 unspecified atom stereocenters. The smallest absolute Gasteiger partial charge is 0.0784 e. The van der Waals surface area contributed by atoms with Gasteiger partial charge in [0.2, 0.25) is 0 Å². The van der Waals surface area contributed by atoms with Crippen LogP contribution < -0.4 is 5.19 Å². The number of hydrogen-bond acceptors (Lipinski definition) is 0. The van der Waals surface area contributed by atoms with Gasteiger partial charge in [-0.15, -0.1) is 0 Å². The van der Waals surface area contributed by atoms with Crippen LogP contribution in [0.2, 0.25) is 19.6 Å². The number of hydrogen-bond donors (Lipinski definition) is 0. The van der Waals surface area contributed by atoms with Gasteiger partial charge in [-0.25, -0.2) is 0 Å². The molecule has 0 N–H and O–H groups in total. The fourth-order valence-electron chi connectivity index (χ4n) is 6.06. The van der Waals surface area contributed by atoms with Gasteiger partial charge in [0.15, 0.2) is 0 Å². The molecule has 1 heteroatoms. The first-order chi connectivity index (χ1) is 18.5. The molecule has 0 amide bonds. The van der Waals surface area contributed by atoms with Crippen molar-refractivity contribution in [1.29, 1.82) is 0 Å². The van der Waals surface area contributed by atoms with Crippen LogP contribution in [0.25, 0.3) is 44.5 Å². The highest BCUT2D eigenvalue weighted by molar-refractivity contribution is 6.89. The Bertz CT molecular complexity index is 1490. The molecule has 0 saturated carbocycles. The lowest BCUT2D eigenvalue weighted by Crippen LogP contribution is -2.39. The van der Waals surface area contributed by atoms with E-state index in [0.717, 1.165) is 0 Å². The third-order valence-corrected chi connectivity index (χ3v) is 10.3. The van der Waals surface area contributed by atoms with Crippen molar-refractivity contribution in [2.24, 2.45) is 0 Å². The van der Waals surface area contributed by atoms with Crippen molar-refractivity contribution in [3.63, 3.8) is 0 Å². The van der Waals surface area contributed by atoms with Gasteiger partial charge >= 0.3 is 0 Å². The second-order valence-electron chi connectivity index (χ2n) is 12.0. The maximum Gasteiger partial charge on any atom is 0.0784 e. The van der Waals surface area contributed by atoms with Crippen LogP contribution in [0.5, 0.6) is 0 Å². The van der Waals surface area contributed by atoms with E-state index < -0.39 is 8.07 Å². The van der Waals surface area contributed by atoms with Gasteiger partial charge in [0, 0.05) is 0 Å². The molecule has 4 aromatic rings. The summed E-state index contributed by atoms with van der Waals surface area (Å²) in [7, 11) is -1.57. The summed E-state index contributed by atoms with van der Waals surface area (Å²) in [6.45, 7) is 7.38. The minimum atomic E-state index is -1.57. The molecule has 0 atom stereocenters. The Hall–Kier alpha value is -3.42. The summed E-state index contributed by atoms with van der Waals surface area (Å²) in [6.07, 6.45) is 12.3. The van der Waals surface area contributed by atoms with E-state index >= 15 is 0 Å². The average molecular weight is 511 g/mol. The SMILES string of the molecule is C[Si](C)(C)c1cc(-c2ccc(C3=CCCC3)cc2)ccc1-c1ccc(-c2ccc(C3=CCCC3)cc2)cc1. The van der Waals surface area contributed by atoms with Gasteiger partial charge in [-0.05, 0) is 94.2 Å². The summed E-state index contributed by atoms with van der Waals surface area (Å²) >= 11 is 0. The summed E-state index contributed by atoms with van der Waals surface area (Å²) in [6, 6.07) is 34.7. The zero-order valence-electron chi connectivity index (χ0n) is 23.1. The topological polar surface area (TPSA) is 0 Å². The fraction of sp³-hybridized carbons (Fsp3) is 0.243. The Morgan fingerprint density at radius 2 is 0.842 bits per heavy atom. The van der Waals surface area contributed by atoms with Crippen LogP contribution in [0.1, 0.15) is 49.7 Å². The largest absolute Gasteiger partial charge is 0.0807 e.